The summed E-state index contributed by atoms with van der Waals surface area (Å²) in [6, 6.07) is 6.85. The van der Waals surface area contributed by atoms with Gasteiger partial charge in [-0.2, -0.15) is 0 Å². The van der Waals surface area contributed by atoms with E-state index in [0.717, 1.165) is 6.54 Å². The summed E-state index contributed by atoms with van der Waals surface area (Å²) in [4.78, 5) is 0. The average molecular weight is 159 g/mol. The standard InChI is InChI=1S/C11H13N/c1-8-2-3-10-9(6-8)7-12-11(10)4-5-11/h2-3,6,12H,4-5,7H2,1H3. The Balaban J connectivity index is 2.18. The molecule has 1 heteroatoms. The summed E-state index contributed by atoms with van der Waals surface area (Å²) in [5, 5.41) is 3.60. The first-order valence-corrected chi connectivity index (χ1v) is 4.65. The highest BCUT2D eigenvalue weighted by Gasteiger charge is 2.48. The van der Waals surface area contributed by atoms with E-state index in [4.69, 9.17) is 0 Å². The summed E-state index contributed by atoms with van der Waals surface area (Å²) < 4.78 is 0. The fraction of sp³-hybridized carbons (Fsp3) is 0.455. The summed E-state index contributed by atoms with van der Waals surface area (Å²) in [5.41, 5.74) is 4.89. The van der Waals surface area contributed by atoms with Crippen LogP contribution in [0.25, 0.3) is 0 Å². The second-order valence-electron chi connectivity index (χ2n) is 4.10. The third-order valence-corrected chi connectivity index (χ3v) is 3.14. The van der Waals surface area contributed by atoms with Crippen LogP contribution in [0.3, 0.4) is 0 Å². The van der Waals surface area contributed by atoms with Gasteiger partial charge in [0.2, 0.25) is 0 Å². The van der Waals surface area contributed by atoms with E-state index in [-0.39, 0.29) is 0 Å². The van der Waals surface area contributed by atoms with E-state index in [0.29, 0.717) is 5.54 Å². The normalized spacial score (nSPS) is 22.8. The van der Waals surface area contributed by atoms with Crippen LogP contribution < -0.4 is 5.32 Å². The van der Waals surface area contributed by atoms with Crippen molar-refractivity contribution in [3.63, 3.8) is 0 Å². The van der Waals surface area contributed by atoms with Crippen molar-refractivity contribution in [1.82, 2.24) is 5.32 Å². The summed E-state index contributed by atoms with van der Waals surface area (Å²) in [5.74, 6) is 0. The van der Waals surface area contributed by atoms with Gasteiger partial charge in [-0.1, -0.05) is 23.8 Å². The lowest BCUT2D eigenvalue weighted by atomic mass is 10.0. The van der Waals surface area contributed by atoms with Crippen LogP contribution in [-0.2, 0) is 12.1 Å². The summed E-state index contributed by atoms with van der Waals surface area (Å²) in [6.07, 6.45) is 2.67. The highest BCUT2D eigenvalue weighted by Crippen LogP contribution is 2.50. The molecular weight excluding hydrogens is 146 g/mol. The number of nitrogens with one attached hydrogen (secondary N) is 1. The summed E-state index contributed by atoms with van der Waals surface area (Å²) >= 11 is 0. The van der Waals surface area contributed by atoms with Gasteiger partial charge in [0.1, 0.15) is 0 Å². The van der Waals surface area contributed by atoms with E-state index >= 15 is 0 Å². The molecule has 1 heterocycles. The van der Waals surface area contributed by atoms with E-state index in [2.05, 4.69) is 30.4 Å². The molecule has 1 spiro atoms. The molecule has 1 N–H and O–H groups in total. The zero-order chi connectivity index (χ0) is 8.18. The minimum absolute atomic E-state index is 0.420. The molecule has 0 bridgehead atoms. The molecule has 1 aliphatic carbocycles. The number of hydrogen-bond acceptors (Lipinski definition) is 1. The molecule has 0 amide bonds. The Morgan fingerprint density at radius 1 is 1.33 bits per heavy atom. The third kappa shape index (κ3) is 0.721. The molecule has 1 fully saturated rings. The Morgan fingerprint density at radius 3 is 2.92 bits per heavy atom. The van der Waals surface area contributed by atoms with Crippen LogP contribution in [0.2, 0.25) is 0 Å². The summed E-state index contributed by atoms with van der Waals surface area (Å²) in [6.45, 7) is 3.25. The number of aryl methyl sites for hydroxylation is 1. The zero-order valence-electron chi connectivity index (χ0n) is 7.35. The van der Waals surface area contributed by atoms with Gasteiger partial charge in [0.15, 0.2) is 0 Å². The van der Waals surface area contributed by atoms with Crippen molar-refractivity contribution in [1.29, 1.82) is 0 Å². The number of fused-ring (bicyclic) bond motifs is 2. The first-order chi connectivity index (χ1) is 5.80. The largest absolute Gasteiger partial charge is 0.303 e. The Kier molecular flexibility index (Phi) is 1.06. The first-order valence-electron chi connectivity index (χ1n) is 4.65. The molecule has 0 saturated heterocycles. The number of benzene rings is 1. The second-order valence-corrected chi connectivity index (χ2v) is 4.10. The smallest absolute Gasteiger partial charge is 0.0442 e. The molecule has 1 aromatic rings. The molecule has 1 nitrogen and oxygen atoms in total. The SMILES string of the molecule is Cc1ccc2c(c1)CNC21CC1. The second kappa shape index (κ2) is 1.91. The van der Waals surface area contributed by atoms with Crippen LogP contribution in [0.5, 0.6) is 0 Å². The van der Waals surface area contributed by atoms with E-state index in [1.54, 1.807) is 5.56 Å². The average Bonchev–Trinajstić information content (AvgIpc) is 2.73. The van der Waals surface area contributed by atoms with Gasteiger partial charge in [0.25, 0.3) is 0 Å². The molecule has 0 radical (unpaired) electrons. The Morgan fingerprint density at radius 2 is 2.17 bits per heavy atom. The van der Waals surface area contributed by atoms with Crippen LogP contribution in [0.4, 0.5) is 0 Å². The van der Waals surface area contributed by atoms with Gasteiger partial charge in [-0.3, -0.25) is 0 Å². The van der Waals surface area contributed by atoms with Crippen molar-refractivity contribution in [2.24, 2.45) is 0 Å². The molecule has 12 heavy (non-hydrogen) atoms. The lowest BCUT2D eigenvalue weighted by Gasteiger charge is -2.07. The fourth-order valence-electron chi connectivity index (χ4n) is 2.27. The van der Waals surface area contributed by atoms with Crippen LogP contribution in [0, 0.1) is 6.92 Å². The van der Waals surface area contributed by atoms with Crippen LogP contribution in [-0.4, -0.2) is 0 Å². The minimum atomic E-state index is 0.420. The molecule has 0 aromatic heterocycles. The predicted molar refractivity (Wildman–Crippen MR) is 48.9 cm³/mol. The zero-order valence-corrected chi connectivity index (χ0v) is 7.35. The van der Waals surface area contributed by atoms with Crippen LogP contribution in [0.1, 0.15) is 29.5 Å². The van der Waals surface area contributed by atoms with E-state index in [1.165, 1.54) is 24.0 Å². The van der Waals surface area contributed by atoms with E-state index < -0.39 is 0 Å². The first kappa shape index (κ1) is 6.67. The monoisotopic (exact) mass is 159 g/mol. The van der Waals surface area contributed by atoms with Crippen molar-refractivity contribution in [2.75, 3.05) is 0 Å². The molecule has 62 valence electrons. The lowest BCUT2D eigenvalue weighted by Crippen LogP contribution is -2.19. The quantitative estimate of drug-likeness (QED) is 0.611. The Labute approximate surface area is 72.8 Å². The number of rotatable bonds is 0. The van der Waals surface area contributed by atoms with Gasteiger partial charge in [0, 0.05) is 12.1 Å². The van der Waals surface area contributed by atoms with Crippen molar-refractivity contribution < 1.29 is 0 Å². The molecule has 0 unspecified atom stereocenters. The fourth-order valence-corrected chi connectivity index (χ4v) is 2.27. The maximum Gasteiger partial charge on any atom is 0.0442 e. The van der Waals surface area contributed by atoms with Crippen molar-refractivity contribution in [2.45, 2.75) is 31.8 Å². The Hall–Kier alpha value is -0.820. The van der Waals surface area contributed by atoms with Crippen molar-refractivity contribution in [3.8, 4) is 0 Å². The van der Waals surface area contributed by atoms with E-state index in [9.17, 15) is 0 Å². The predicted octanol–water partition coefficient (Wildman–Crippen LogP) is 2.09. The van der Waals surface area contributed by atoms with Crippen LogP contribution >= 0.6 is 0 Å². The van der Waals surface area contributed by atoms with Gasteiger partial charge in [-0.05, 0) is 30.9 Å². The minimum Gasteiger partial charge on any atom is -0.303 e. The van der Waals surface area contributed by atoms with Crippen molar-refractivity contribution >= 4 is 0 Å². The Bertz CT molecular complexity index is 337. The van der Waals surface area contributed by atoms with Gasteiger partial charge in [-0.15, -0.1) is 0 Å². The highest BCUT2D eigenvalue weighted by molar-refractivity contribution is 5.43. The van der Waals surface area contributed by atoms with Gasteiger partial charge >= 0.3 is 0 Å². The lowest BCUT2D eigenvalue weighted by molar-refractivity contribution is 0.574. The van der Waals surface area contributed by atoms with Crippen molar-refractivity contribution in [3.05, 3.63) is 34.9 Å². The molecule has 1 aromatic carbocycles. The summed E-state index contributed by atoms with van der Waals surface area (Å²) in [7, 11) is 0. The highest BCUT2D eigenvalue weighted by atomic mass is 15.0. The van der Waals surface area contributed by atoms with Gasteiger partial charge < -0.3 is 5.32 Å². The number of hydrogen-bond donors (Lipinski definition) is 1. The molecule has 2 aliphatic rings. The third-order valence-electron chi connectivity index (χ3n) is 3.14. The van der Waals surface area contributed by atoms with E-state index in [1.807, 2.05) is 0 Å². The maximum absolute atomic E-state index is 3.60. The molecule has 1 saturated carbocycles. The van der Waals surface area contributed by atoms with Gasteiger partial charge in [-0.25, -0.2) is 0 Å². The molecule has 1 aliphatic heterocycles. The molecule has 3 rings (SSSR count). The molecule has 0 atom stereocenters. The molecular formula is C11H13N. The van der Waals surface area contributed by atoms with Crippen LogP contribution in [0.15, 0.2) is 18.2 Å². The maximum atomic E-state index is 3.60. The topological polar surface area (TPSA) is 12.0 Å². The van der Waals surface area contributed by atoms with Gasteiger partial charge in [0.05, 0.1) is 0 Å².